The molecule has 0 saturated carbocycles. The van der Waals surface area contributed by atoms with Crippen molar-refractivity contribution in [2.24, 2.45) is 7.05 Å². The van der Waals surface area contributed by atoms with E-state index in [4.69, 9.17) is 4.74 Å². The van der Waals surface area contributed by atoms with E-state index in [1.807, 2.05) is 40.9 Å². The molecule has 0 fully saturated rings. The van der Waals surface area contributed by atoms with E-state index in [0.717, 1.165) is 27.1 Å². The second-order valence-electron chi connectivity index (χ2n) is 5.06. The molecule has 21 heavy (non-hydrogen) atoms. The molecule has 6 heteroatoms. The van der Waals surface area contributed by atoms with Gasteiger partial charge in [-0.05, 0) is 53.8 Å². The third-order valence-corrected chi connectivity index (χ3v) is 4.32. The minimum absolute atomic E-state index is 0.00544. The van der Waals surface area contributed by atoms with E-state index in [9.17, 15) is 4.79 Å². The summed E-state index contributed by atoms with van der Waals surface area (Å²) >= 11 is 2.24. The summed E-state index contributed by atoms with van der Waals surface area (Å²) in [4.78, 5) is 14.2. The van der Waals surface area contributed by atoms with Crippen LogP contribution in [0.3, 0.4) is 0 Å². The fourth-order valence-electron chi connectivity index (χ4n) is 2.49. The van der Waals surface area contributed by atoms with Gasteiger partial charge in [-0.3, -0.25) is 9.48 Å². The Morgan fingerprint density at radius 1 is 1.38 bits per heavy atom. The lowest BCUT2D eigenvalue weighted by Crippen LogP contribution is -2.45. The molecule has 0 bridgehead atoms. The molecule has 1 aliphatic rings. The molecule has 1 unspecified atom stereocenters. The maximum absolute atomic E-state index is 12.4. The SMILES string of the molecule is CC1Oc2cc(I)ccc2N(CCc2ccnn2C)C1=O. The summed E-state index contributed by atoms with van der Waals surface area (Å²) in [7, 11) is 1.91. The average molecular weight is 397 g/mol. The molecular weight excluding hydrogens is 381 g/mol. The van der Waals surface area contributed by atoms with Crippen LogP contribution >= 0.6 is 22.6 Å². The average Bonchev–Trinajstić information content (AvgIpc) is 2.85. The number of anilines is 1. The van der Waals surface area contributed by atoms with Crippen LogP contribution in [-0.4, -0.2) is 28.3 Å². The van der Waals surface area contributed by atoms with Gasteiger partial charge in [0.15, 0.2) is 6.10 Å². The highest BCUT2D eigenvalue weighted by Gasteiger charge is 2.31. The van der Waals surface area contributed by atoms with Gasteiger partial charge in [-0.15, -0.1) is 0 Å². The normalized spacial score (nSPS) is 17.6. The van der Waals surface area contributed by atoms with Crippen LogP contribution < -0.4 is 9.64 Å². The maximum Gasteiger partial charge on any atom is 0.267 e. The third-order valence-electron chi connectivity index (χ3n) is 3.64. The molecule has 1 aromatic heterocycles. The number of aromatic nitrogens is 2. The number of carbonyl (C=O) groups excluding carboxylic acids is 1. The largest absolute Gasteiger partial charge is 0.479 e. The number of carbonyl (C=O) groups is 1. The van der Waals surface area contributed by atoms with Gasteiger partial charge < -0.3 is 9.64 Å². The van der Waals surface area contributed by atoms with Crippen molar-refractivity contribution >= 4 is 34.2 Å². The summed E-state index contributed by atoms with van der Waals surface area (Å²) in [6.45, 7) is 2.42. The fourth-order valence-corrected chi connectivity index (χ4v) is 2.95. The summed E-state index contributed by atoms with van der Waals surface area (Å²) in [5.74, 6) is 0.782. The Hall–Kier alpha value is -1.57. The van der Waals surface area contributed by atoms with E-state index in [1.54, 1.807) is 13.1 Å². The van der Waals surface area contributed by atoms with E-state index < -0.39 is 6.10 Å². The summed E-state index contributed by atoms with van der Waals surface area (Å²) < 4.78 is 8.64. The van der Waals surface area contributed by atoms with Crippen molar-refractivity contribution in [3.8, 4) is 5.75 Å². The van der Waals surface area contributed by atoms with Crippen molar-refractivity contribution in [3.63, 3.8) is 0 Å². The predicted octanol–water partition coefficient (Wildman–Crippen LogP) is 2.38. The quantitative estimate of drug-likeness (QED) is 0.748. The first-order chi connectivity index (χ1) is 10.1. The zero-order chi connectivity index (χ0) is 15.0. The topological polar surface area (TPSA) is 47.4 Å². The number of ether oxygens (including phenoxy) is 1. The lowest BCUT2D eigenvalue weighted by molar-refractivity contribution is -0.125. The van der Waals surface area contributed by atoms with Gasteiger partial charge >= 0.3 is 0 Å². The van der Waals surface area contributed by atoms with Crippen LogP contribution in [0.5, 0.6) is 5.75 Å². The Bertz CT molecular complexity index is 683. The van der Waals surface area contributed by atoms with Crippen molar-refractivity contribution in [1.29, 1.82) is 0 Å². The predicted molar refractivity (Wildman–Crippen MR) is 88.5 cm³/mol. The van der Waals surface area contributed by atoms with E-state index >= 15 is 0 Å². The molecule has 1 atom stereocenters. The number of fused-ring (bicyclic) bond motifs is 1. The minimum Gasteiger partial charge on any atom is -0.479 e. The zero-order valence-corrected chi connectivity index (χ0v) is 14.1. The van der Waals surface area contributed by atoms with Gasteiger partial charge in [-0.2, -0.15) is 5.10 Å². The molecule has 1 aromatic carbocycles. The molecule has 1 amide bonds. The van der Waals surface area contributed by atoms with Crippen LogP contribution in [0.4, 0.5) is 5.69 Å². The second kappa shape index (κ2) is 5.67. The van der Waals surface area contributed by atoms with Crippen LogP contribution in [0.15, 0.2) is 30.5 Å². The molecule has 0 spiro atoms. The highest BCUT2D eigenvalue weighted by Crippen LogP contribution is 2.35. The molecule has 2 heterocycles. The van der Waals surface area contributed by atoms with Crippen LogP contribution in [0.2, 0.25) is 0 Å². The van der Waals surface area contributed by atoms with Gasteiger partial charge in [0.1, 0.15) is 5.75 Å². The molecule has 3 rings (SSSR count). The van der Waals surface area contributed by atoms with E-state index in [0.29, 0.717) is 6.54 Å². The molecule has 2 aromatic rings. The molecule has 0 N–H and O–H groups in total. The second-order valence-corrected chi connectivity index (χ2v) is 6.30. The third kappa shape index (κ3) is 2.76. The van der Waals surface area contributed by atoms with Crippen molar-refractivity contribution in [2.75, 3.05) is 11.4 Å². The molecule has 0 radical (unpaired) electrons. The van der Waals surface area contributed by atoms with E-state index in [-0.39, 0.29) is 5.91 Å². The van der Waals surface area contributed by atoms with Gasteiger partial charge in [0.2, 0.25) is 0 Å². The first kappa shape index (κ1) is 14.4. The molecule has 5 nitrogen and oxygen atoms in total. The van der Waals surface area contributed by atoms with Gasteiger partial charge in [0, 0.05) is 35.5 Å². The molecule has 110 valence electrons. The Balaban J connectivity index is 1.86. The zero-order valence-electron chi connectivity index (χ0n) is 11.9. The van der Waals surface area contributed by atoms with Crippen molar-refractivity contribution in [1.82, 2.24) is 9.78 Å². The van der Waals surface area contributed by atoms with Crippen LogP contribution in [-0.2, 0) is 18.3 Å². The number of nitrogens with zero attached hydrogens (tertiary/aromatic N) is 3. The first-order valence-corrected chi connectivity index (χ1v) is 7.88. The maximum atomic E-state index is 12.4. The van der Waals surface area contributed by atoms with Gasteiger partial charge in [0.05, 0.1) is 5.69 Å². The van der Waals surface area contributed by atoms with Crippen molar-refractivity contribution in [2.45, 2.75) is 19.4 Å². The number of halogens is 1. The Labute approximate surface area is 137 Å². The van der Waals surface area contributed by atoms with Crippen molar-refractivity contribution < 1.29 is 9.53 Å². The fraction of sp³-hybridized carbons (Fsp3) is 0.333. The molecular formula is C15H16IN3O2. The monoisotopic (exact) mass is 397 g/mol. The van der Waals surface area contributed by atoms with Crippen LogP contribution in [0.1, 0.15) is 12.6 Å². The first-order valence-electron chi connectivity index (χ1n) is 6.81. The van der Waals surface area contributed by atoms with Gasteiger partial charge in [0.25, 0.3) is 5.91 Å². The number of aryl methyl sites for hydroxylation is 1. The number of hydrogen-bond donors (Lipinski definition) is 0. The van der Waals surface area contributed by atoms with Crippen molar-refractivity contribution in [3.05, 3.63) is 39.7 Å². The smallest absolute Gasteiger partial charge is 0.267 e. The summed E-state index contributed by atoms with van der Waals surface area (Å²) in [5.41, 5.74) is 1.95. The highest BCUT2D eigenvalue weighted by molar-refractivity contribution is 14.1. The van der Waals surface area contributed by atoms with Gasteiger partial charge in [-0.1, -0.05) is 0 Å². The molecule has 1 aliphatic heterocycles. The molecule has 0 saturated heterocycles. The van der Waals surface area contributed by atoms with E-state index in [1.165, 1.54) is 0 Å². The standard InChI is InChI=1S/C15H16IN3O2/c1-10-15(20)19(8-6-12-5-7-17-18(12)2)13-4-3-11(16)9-14(13)21-10/h3-5,7,9-10H,6,8H2,1-2H3. The highest BCUT2D eigenvalue weighted by atomic mass is 127. The lowest BCUT2D eigenvalue weighted by atomic mass is 10.1. The van der Waals surface area contributed by atoms with Crippen LogP contribution in [0, 0.1) is 3.57 Å². The summed E-state index contributed by atoms with van der Waals surface area (Å²) in [6, 6.07) is 7.88. The van der Waals surface area contributed by atoms with Crippen LogP contribution in [0.25, 0.3) is 0 Å². The number of rotatable bonds is 3. The Morgan fingerprint density at radius 3 is 2.90 bits per heavy atom. The summed E-state index contributed by atoms with van der Waals surface area (Å²) in [5, 5.41) is 4.16. The number of hydrogen-bond acceptors (Lipinski definition) is 3. The molecule has 0 aliphatic carbocycles. The minimum atomic E-state index is -0.442. The van der Waals surface area contributed by atoms with E-state index in [2.05, 4.69) is 27.7 Å². The Kier molecular flexibility index (Phi) is 3.88. The number of benzene rings is 1. The summed E-state index contributed by atoms with van der Waals surface area (Å²) in [6.07, 6.45) is 2.10. The van der Waals surface area contributed by atoms with Gasteiger partial charge in [-0.25, -0.2) is 0 Å². The number of amides is 1. The lowest BCUT2D eigenvalue weighted by Gasteiger charge is -2.33. The Morgan fingerprint density at radius 2 is 2.19 bits per heavy atom.